The van der Waals surface area contributed by atoms with Crippen molar-refractivity contribution in [3.63, 3.8) is 0 Å². The summed E-state index contributed by atoms with van der Waals surface area (Å²) in [6, 6.07) is 14.9. The van der Waals surface area contributed by atoms with Crippen molar-refractivity contribution in [1.82, 2.24) is 0 Å². The molecule has 0 radical (unpaired) electrons. The van der Waals surface area contributed by atoms with Crippen LogP contribution in [0.3, 0.4) is 0 Å². The Kier molecular flexibility index (Phi) is 3.39. The lowest BCUT2D eigenvalue weighted by Gasteiger charge is -2.33. The first kappa shape index (κ1) is 13.6. The van der Waals surface area contributed by atoms with E-state index >= 15 is 0 Å². The molecule has 0 saturated carbocycles. The normalized spacial score (nSPS) is 20.2. The predicted molar refractivity (Wildman–Crippen MR) is 78.7 cm³/mol. The summed E-state index contributed by atoms with van der Waals surface area (Å²) in [4.78, 5) is 0. The van der Waals surface area contributed by atoms with Gasteiger partial charge in [-0.15, -0.1) is 0 Å². The number of benzene rings is 2. The summed E-state index contributed by atoms with van der Waals surface area (Å²) in [5.74, 6) is 0.503. The Morgan fingerprint density at radius 2 is 2.10 bits per heavy atom. The average molecular weight is 281 g/mol. The van der Waals surface area contributed by atoms with Crippen LogP contribution in [0.15, 0.2) is 42.5 Å². The van der Waals surface area contributed by atoms with Crippen molar-refractivity contribution in [2.75, 3.05) is 6.61 Å². The van der Waals surface area contributed by atoms with E-state index in [-0.39, 0.29) is 5.82 Å². The molecule has 1 aliphatic rings. The molecule has 106 valence electrons. The van der Waals surface area contributed by atoms with Crippen molar-refractivity contribution >= 4 is 0 Å². The fourth-order valence-corrected chi connectivity index (χ4v) is 2.95. The molecule has 1 heterocycles. The van der Waals surface area contributed by atoms with Gasteiger partial charge >= 0.3 is 0 Å². The van der Waals surface area contributed by atoms with Crippen LogP contribution in [-0.4, -0.2) is 6.61 Å². The highest BCUT2D eigenvalue weighted by molar-refractivity contribution is 5.47. The third-order valence-electron chi connectivity index (χ3n) is 4.21. The van der Waals surface area contributed by atoms with Crippen molar-refractivity contribution in [3.8, 4) is 11.8 Å². The largest absolute Gasteiger partial charge is 0.493 e. The number of ether oxygens (including phenoxy) is 1. The molecule has 0 aromatic heterocycles. The van der Waals surface area contributed by atoms with Gasteiger partial charge in [0.25, 0.3) is 0 Å². The highest BCUT2D eigenvalue weighted by Gasteiger charge is 2.38. The summed E-state index contributed by atoms with van der Waals surface area (Å²) >= 11 is 0. The SMILES string of the molecule is Cc1ccc(F)cc1CC1(C#N)CCOc2ccccc21. The number of nitriles is 1. The second-order valence-electron chi connectivity index (χ2n) is 5.54. The quantitative estimate of drug-likeness (QED) is 0.835. The second-order valence-corrected chi connectivity index (χ2v) is 5.54. The molecule has 0 fully saturated rings. The van der Waals surface area contributed by atoms with Crippen molar-refractivity contribution in [3.05, 3.63) is 65.0 Å². The Hall–Kier alpha value is -2.34. The number of halogens is 1. The van der Waals surface area contributed by atoms with E-state index < -0.39 is 5.41 Å². The van der Waals surface area contributed by atoms with Gasteiger partial charge in [0.05, 0.1) is 18.1 Å². The van der Waals surface area contributed by atoms with Gasteiger partial charge in [-0.3, -0.25) is 0 Å². The monoisotopic (exact) mass is 281 g/mol. The molecule has 21 heavy (non-hydrogen) atoms. The molecule has 1 aliphatic heterocycles. The number of fused-ring (bicyclic) bond motifs is 1. The molecular formula is C18H16FNO. The zero-order valence-corrected chi connectivity index (χ0v) is 11.9. The Morgan fingerprint density at radius 3 is 2.90 bits per heavy atom. The van der Waals surface area contributed by atoms with Crippen LogP contribution >= 0.6 is 0 Å². The van der Waals surface area contributed by atoms with Crippen LogP contribution in [0.5, 0.6) is 5.75 Å². The molecule has 0 amide bonds. The fraction of sp³-hybridized carbons (Fsp3) is 0.278. The molecule has 0 N–H and O–H groups in total. The van der Waals surface area contributed by atoms with Crippen molar-refractivity contribution in [2.45, 2.75) is 25.2 Å². The number of hydrogen-bond acceptors (Lipinski definition) is 2. The van der Waals surface area contributed by atoms with E-state index in [4.69, 9.17) is 4.74 Å². The number of rotatable bonds is 2. The molecule has 1 unspecified atom stereocenters. The maximum absolute atomic E-state index is 13.5. The molecule has 0 saturated heterocycles. The van der Waals surface area contributed by atoms with Gasteiger partial charge in [-0.05, 0) is 42.7 Å². The maximum atomic E-state index is 13.5. The molecule has 1 atom stereocenters. The van der Waals surface area contributed by atoms with E-state index in [0.29, 0.717) is 19.4 Å². The molecule has 2 nitrogen and oxygen atoms in total. The summed E-state index contributed by atoms with van der Waals surface area (Å²) < 4.78 is 19.2. The van der Waals surface area contributed by atoms with E-state index in [1.54, 1.807) is 6.07 Å². The van der Waals surface area contributed by atoms with Gasteiger partial charge in [0, 0.05) is 12.0 Å². The molecule has 0 aliphatic carbocycles. The van der Waals surface area contributed by atoms with Gasteiger partial charge in [-0.2, -0.15) is 5.26 Å². The summed E-state index contributed by atoms with van der Waals surface area (Å²) in [6.45, 7) is 2.46. The van der Waals surface area contributed by atoms with Gasteiger partial charge in [-0.1, -0.05) is 24.3 Å². The predicted octanol–water partition coefficient (Wildman–Crippen LogP) is 3.92. The average Bonchev–Trinajstić information content (AvgIpc) is 2.51. The summed E-state index contributed by atoms with van der Waals surface area (Å²) in [7, 11) is 0. The Morgan fingerprint density at radius 1 is 1.29 bits per heavy atom. The van der Waals surface area contributed by atoms with Crippen LogP contribution in [0.2, 0.25) is 0 Å². The first-order valence-electron chi connectivity index (χ1n) is 7.03. The Balaban J connectivity index is 2.07. The van der Waals surface area contributed by atoms with Crippen molar-refractivity contribution < 1.29 is 9.13 Å². The molecule has 0 spiro atoms. The van der Waals surface area contributed by atoms with E-state index in [9.17, 15) is 9.65 Å². The van der Waals surface area contributed by atoms with E-state index in [0.717, 1.165) is 22.4 Å². The van der Waals surface area contributed by atoms with Crippen LogP contribution < -0.4 is 4.74 Å². The number of nitrogens with zero attached hydrogens (tertiary/aromatic N) is 1. The first-order chi connectivity index (χ1) is 10.1. The molecule has 2 aromatic carbocycles. The lowest BCUT2D eigenvalue weighted by molar-refractivity contribution is 0.241. The van der Waals surface area contributed by atoms with Crippen molar-refractivity contribution in [2.24, 2.45) is 0 Å². The Bertz CT molecular complexity index is 719. The molecule has 3 heteroatoms. The molecular weight excluding hydrogens is 265 g/mol. The van der Waals surface area contributed by atoms with Gasteiger partial charge < -0.3 is 4.74 Å². The summed E-state index contributed by atoms with van der Waals surface area (Å²) in [5.41, 5.74) is 2.15. The second kappa shape index (κ2) is 5.21. The van der Waals surface area contributed by atoms with Gasteiger partial charge in [0.1, 0.15) is 11.6 Å². The van der Waals surface area contributed by atoms with Crippen LogP contribution in [-0.2, 0) is 11.8 Å². The van der Waals surface area contributed by atoms with Crippen LogP contribution in [0.25, 0.3) is 0 Å². The number of hydrogen-bond donors (Lipinski definition) is 0. The minimum absolute atomic E-state index is 0.260. The summed E-state index contributed by atoms with van der Waals surface area (Å²) in [6.07, 6.45) is 1.13. The standard InChI is InChI=1S/C18H16FNO/c1-13-6-7-15(19)10-14(13)11-18(12-20)8-9-21-17-5-3-2-4-16(17)18/h2-7,10H,8-9,11H2,1H3. The minimum atomic E-state index is -0.645. The minimum Gasteiger partial charge on any atom is -0.493 e. The highest BCUT2D eigenvalue weighted by atomic mass is 19.1. The van der Waals surface area contributed by atoms with Gasteiger partial charge in [0.2, 0.25) is 0 Å². The lowest BCUT2D eigenvalue weighted by atomic mass is 9.72. The van der Waals surface area contributed by atoms with Crippen LogP contribution in [0, 0.1) is 24.1 Å². The molecule has 0 bridgehead atoms. The topological polar surface area (TPSA) is 33.0 Å². The Labute approximate surface area is 123 Å². The maximum Gasteiger partial charge on any atom is 0.124 e. The van der Waals surface area contributed by atoms with Crippen LogP contribution in [0.1, 0.15) is 23.1 Å². The van der Waals surface area contributed by atoms with E-state index in [1.807, 2.05) is 31.2 Å². The smallest absolute Gasteiger partial charge is 0.124 e. The zero-order valence-electron chi connectivity index (χ0n) is 11.9. The van der Waals surface area contributed by atoms with Crippen molar-refractivity contribution in [1.29, 1.82) is 5.26 Å². The highest BCUT2D eigenvalue weighted by Crippen LogP contribution is 2.41. The lowest BCUT2D eigenvalue weighted by Crippen LogP contribution is -2.34. The fourth-order valence-electron chi connectivity index (χ4n) is 2.95. The molecule has 2 aromatic rings. The number of aryl methyl sites for hydroxylation is 1. The van der Waals surface area contributed by atoms with Gasteiger partial charge in [-0.25, -0.2) is 4.39 Å². The summed E-state index contributed by atoms with van der Waals surface area (Å²) in [5, 5.41) is 9.81. The molecule has 3 rings (SSSR count). The van der Waals surface area contributed by atoms with Gasteiger partial charge in [0.15, 0.2) is 0 Å². The van der Waals surface area contributed by atoms with E-state index in [1.165, 1.54) is 12.1 Å². The van der Waals surface area contributed by atoms with Crippen LogP contribution in [0.4, 0.5) is 4.39 Å². The third-order valence-corrected chi connectivity index (χ3v) is 4.21. The van der Waals surface area contributed by atoms with E-state index in [2.05, 4.69) is 6.07 Å². The zero-order chi connectivity index (χ0) is 14.9. The third kappa shape index (κ3) is 2.38. The first-order valence-corrected chi connectivity index (χ1v) is 7.03. The number of para-hydroxylation sites is 1.